The van der Waals surface area contributed by atoms with Crippen LogP contribution in [0.1, 0.15) is 36.0 Å². The van der Waals surface area contributed by atoms with Crippen LogP contribution in [-0.2, 0) is 0 Å². The van der Waals surface area contributed by atoms with Crippen molar-refractivity contribution in [3.63, 3.8) is 0 Å². The van der Waals surface area contributed by atoms with Crippen LogP contribution in [0.15, 0.2) is 22.7 Å². The van der Waals surface area contributed by atoms with E-state index >= 15 is 0 Å². The van der Waals surface area contributed by atoms with E-state index in [1.165, 1.54) is 12.8 Å². The van der Waals surface area contributed by atoms with Gasteiger partial charge in [0.2, 0.25) is 0 Å². The lowest BCUT2D eigenvalue weighted by atomic mass is 10.2. The number of carbonyl (C=O) groups is 1. The Kier molecular flexibility index (Phi) is 5.81. The van der Waals surface area contributed by atoms with Gasteiger partial charge in [-0.1, -0.05) is 12.8 Å². The number of thiocarbonyl (C=S) groups is 1. The molecule has 1 fully saturated rings. The SMILES string of the molecule is COc1ccc(C(=O)NNC(=S)NC2CCCC2)cc1Br. The van der Waals surface area contributed by atoms with Crippen LogP contribution in [0.4, 0.5) is 0 Å². The predicted octanol–water partition coefficient (Wildman–Crippen LogP) is 2.51. The lowest BCUT2D eigenvalue weighted by Gasteiger charge is -2.16. The monoisotopic (exact) mass is 371 g/mol. The molecular weight excluding hydrogens is 354 g/mol. The van der Waals surface area contributed by atoms with Crippen LogP contribution in [0.2, 0.25) is 0 Å². The van der Waals surface area contributed by atoms with Gasteiger partial charge < -0.3 is 10.1 Å². The summed E-state index contributed by atoms with van der Waals surface area (Å²) in [6.45, 7) is 0. The van der Waals surface area contributed by atoms with Crippen LogP contribution in [0.25, 0.3) is 0 Å². The number of hydrazine groups is 1. The van der Waals surface area contributed by atoms with Crippen LogP contribution >= 0.6 is 28.1 Å². The van der Waals surface area contributed by atoms with E-state index in [0.29, 0.717) is 22.5 Å². The molecule has 1 aliphatic rings. The van der Waals surface area contributed by atoms with Gasteiger partial charge in [0.25, 0.3) is 5.91 Å². The zero-order valence-corrected chi connectivity index (χ0v) is 14.1. The van der Waals surface area contributed by atoms with Crippen LogP contribution in [0.5, 0.6) is 5.75 Å². The fourth-order valence-electron chi connectivity index (χ4n) is 2.28. The third-order valence-electron chi connectivity index (χ3n) is 3.39. The van der Waals surface area contributed by atoms with Gasteiger partial charge in [-0.25, -0.2) is 0 Å². The van der Waals surface area contributed by atoms with Crippen molar-refractivity contribution in [2.24, 2.45) is 0 Å². The minimum atomic E-state index is -0.256. The highest BCUT2D eigenvalue weighted by molar-refractivity contribution is 9.10. The molecule has 0 heterocycles. The van der Waals surface area contributed by atoms with Crippen LogP contribution in [0, 0.1) is 0 Å². The Morgan fingerprint density at radius 3 is 2.67 bits per heavy atom. The molecule has 0 aromatic heterocycles. The molecule has 3 N–H and O–H groups in total. The molecule has 1 aromatic carbocycles. The van der Waals surface area contributed by atoms with Gasteiger partial charge in [-0.3, -0.25) is 15.6 Å². The highest BCUT2D eigenvalue weighted by Gasteiger charge is 2.15. The molecular formula is C14H18BrN3O2S. The molecule has 21 heavy (non-hydrogen) atoms. The van der Waals surface area contributed by atoms with Crippen LogP contribution in [-0.4, -0.2) is 24.2 Å². The number of amides is 1. The molecule has 0 spiro atoms. The van der Waals surface area contributed by atoms with Crippen molar-refractivity contribution in [2.45, 2.75) is 31.7 Å². The van der Waals surface area contributed by atoms with Crippen molar-refractivity contribution >= 4 is 39.2 Å². The van der Waals surface area contributed by atoms with Gasteiger partial charge in [-0.05, 0) is 59.2 Å². The van der Waals surface area contributed by atoms with Gasteiger partial charge in [-0.2, -0.15) is 0 Å². The van der Waals surface area contributed by atoms with Crippen molar-refractivity contribution < 1.29 is 9.53 Å². The first-order valence-corrected chi connectivity index (χ1v) is 8.00. The highest BCUT2D eigenvalue weighted by atomic mass is 79.9. The fraction of sp³-hybridized carbons (Fsp3) is 0.429. The van der Waals surface area contributed by atoms with Gasteiger partial charge in [0.05, 0.1) is 11.6 Å². The fourth-order valence-corrected chi connectivity index (χ4v) is 3.04. The maximum atomic E-state index is 12.0. The Hall–Kier alpha value is -1.34. The minimum absolute atomic E-state index is 0.256. The van der Waals surface area contributed by atoms with Gasteiger partial charge in [-0.15, -0.1) is 0 Å². The average molecular weight is 372 g/mol. The summed E-state index contributed by atoms with van der Waals surface area (Å²) in [5.41, 5.74) is 5.83. The lowest BCUT2D eigenvalue weighted by Crippen LogP contribution is -2.49. The number of ether oxygens (including phenoxy) is 1. The number of nitrogens with one attached hydrogen (secondary N) is 3. The zero-order valence-electron chi connectivity index (χ0n) is 11.7. The quantitative estimate of drug-likeness (QED) is 0.562. The maximum absolute atomic E-state index is 12.0. The summed E-state index contributed by atoms with van der Waals surface area (Å²) in [6, 6.07) is 5.53. The van der Waals surface area contributed by atoms with Gasteiger partial charge in [0.1, 0.15) is 5.75 Å². The molecule has 0 radical (unpaired) electrons. The molecule has 1 amide bonds. The predicted molar refractivity (Wildman–Crippen MR) is 89.3 cm³/mol. The van der Waals surface area contributed by atoms with E-state index in [2.05, 4.69) is 32.1 Å². The summed E-state index contributed by atoms with van der Waals surface area (Å²) in [5.74, 6) is 0.423. The van der Waals surface area contributed by atoms with Crippen molar-refractivity contribution in [1.29, 1.82) is 0 Å². The molecule has 5 nitrogen and oxygen atoms in total. The summed E-state index contributed by atoms with van der Waals surface area (Å²) >= 11 is 8.51. The zero-order chi connectivity index (χ0) is 15.2. The summed E-state index contributed by atoms with van der Waals surface area (Å²) in [6.07, 6.45) is 4.71. The molecule has 1 aliphatic carbocycles. The third-order valence-corrected chi connectivity index (χ3v) is 4.23. The summed E-state index contributed by atoms with van der Waals surface area (Å²) in [5, 5.41) is 3.64. The largest absolute Gasteiger partial charge is 0.496 e. The van der Waals surface area contributed by atoms with E-state index in [1.807, 2.05) is 0 Å². The van der Waals surface area contributed by atoms with E-state index in [-0.39, 0.29) is 5.91 Å². The van der Waals surface area contributed by atoms with E-state index in [9.17, 15) is 4.79 Å². The molecule has 1 aromatic rings. The van der Waals surface area contributed by atoms with Crippen molar-refractivity contribution in [3.8, 4) is 5.75 Å². The minimum Gasteiger partial charge on any atom is -0.496 e. The summed E-state index contributed by atoms with van der Waals surface area (Å²) < 4.78 is 5.85. The molecule has 114 valence electrons. The number of carbonyl (C=O) groups excluding carboxylic acids is 1. The Labute approximate surface area is 137 Å². The molecule has 0 saturated heterocycles. The normalized spacial score (nSPS) is 14.6. The lowest BCUT2D eigenvalue weighted by molar-refractivity contribution is 0.0943. The Morgan fingerprint density at radius 2 is 2.05 bits per heavy atom. The number of benzene rings is 1. The van der Waals surface area contributed by atoms with Crippen molar-refractivity contribution in [1.82, 2.24) is 16.2 Å². The Morgan fingerprint density at radius 1 is 1.33 bits per heavy atom. The summed E-state index contributed by atoms with van der Waals surface area (Å²) in [7, 11) is 1.58. The van der Waals surface area contributed by atoms with Gasteiger partial charge >= 0.3 is 0 Å². The Bertz CT molecular complexity index is 533. The second-order valence-electron chi connectivity index (χ2n) is 4.88. The molecule has 0 aliphatic heterocycles. The van der Waals surface area contributed by atoms with Gasteiger partial charge in [0.15, 0.2) is 5.11 Å². The molecule has 0 unspecified atom stereocenters. The first-order valence-electron chi connectivity index (χ1n) is 6.80. The van der Waals surface area contributed by atoms with Crippen LogP contribution < -0.4 is 20.9 Å². The summed E-state index contributed by atoms with van der Waals surface area (Å²) in [4.78, 5) is 12.0. The number of hydrogen-bond acceptors (Lipinski definition) is 3. The second kappa shape index (κ2) is 7.61. The molecule has 0 atom stereocenters. The topological polar surface area (TPSA) is 62.4 Å². The molecule has 2 rings (SSSR count). The molecule has 0 bridgehead atoms. The third kappa shape index (κ3) is 4.57. The Balaban J connectivity index is 1.83. The smallest absolute Gasteiger partial charge is 0.269 e. The van der Waals surface area contributed by atoms with E-state index < -0.39 is 0 Å². The first-order chi connectivity index (χ1) is 10.1. The van der Waals surface area contributed by atoms with E-state index in [0.717, 1.165) is 17.3 Å². The second-order valence-corrected chi connectivity index (χ2v) is 6.15. The van der Waals surface area contributed by atoms with Crippen LogP contribution in [0.3, 0.4) is 0 Å². The number of methoxy groups -OCH3 is 1. The number of rotatable bonds is 3. The van der Waals surface area contributed by atoms with Gasteiger partial charge in [0, 0.05) is 11.6 Å². The standard InChI is InChI=1S/C14H18BrN3O2S/c1-20-12-7-6-9(8-11(12)15)13(19)17-18-14(21)16-10-4-2-3-5-10/h6-8,10H,2-5H2,1H3,(H,17,19)(H2,16,18,21). The molecule has 7 heteroatoms. The average Bonchev–Trinajstić information content (AvgIpc) is 2.97. The van der Waals surface area contributed by atoms with E-state index in [1.54, 1.807) is 25.3 Å². The number of halogens is 1. The first kappa shape index (κ1) is 16.0. The van der Waals surface area contributed by atoms with Crippen molar-refractivity contribution in [3.05, 3.63) is 28.2 Å². The van der Waals surface area contributed by atoms with Crippen molar-refractivity contribution in [2.75, 3.05) is 7.11 Å². The maximum Gasteiger partial charge on any atom is 0.269 e. The van der Waals surface area contributed by atoms with E-state index in [4.69, 9.17) is 17.0 Å². The number of hydrogen-bond donors (Lipinski definition) is 3. The molecule has 1 saturated carbocycles. The highest BCUT2D eigenvalue weighted by Crippen LogP contribution is 2.25.